The Bertz CT molecular complexity index is 733. The van der Waals surface area contributed by atoms with Gasteiger partial charge in [-0.2, -0.15) is 0 Å². The largest absolute Gasteiger partial charge is 0.465 e. The van der Waals surface area contributed by atoms with Gasteiger partial charge in [0.1, 0.15) is 5.76 Å². The molecule has 0 saturated heterocycles. The van der Waals surface area contributed by atoms with Crippen LogP contribution in [-0.2, 0) is 9.53 Å². The van der Waals surface area contributed by atoms with Gasteiger partial charge in [-0.3, -0.25) is 0 Å². The first kappa shape index (κ1) is 13.0. The minimum absolute atomic E-state index is 0.168. The zero-order valence-electron chi connectivity index (χ0n) is 9.97. The van der Waals surface area contributed by atoms with E-state index in [4.69, 9.17) is 32.4 Å². The number of halogens is 2. The molecule has 0 radical (unpaired) electrons. The van der Waals surface area contributed by atoms with Crippen molar-refractivity contribution in [2.24, 2.45) is 4.99 Å². The van der Waals surface area contributed by atoms with Crippen molar-refractivity contribution in [3.8, 4) is 0 Å². The first-order valence-electron chi connectivity index (χ1n) is 5.65. The summed E-state index contributed by atoms with van der Waals surface area (Å²) < 4.78 is 10.2. The highest BCUT2D eigenvalue weighted by Crippen LogP contribution is 2.25. The second kappa shape index (κ2) is 5.15. The summed E-state index contributed by atoms with van der Waals surface area (Å²) in [6.07, 6.45) is 3.02. The minimum atomic E-state index is -0.539. The van der Waals surface area contributed by atoms with Crippen LogP contribution in [0.3, 0.4) is 0 Å². The van der Waals surface area contributed by atoms with E-state index in [-0.39, 0.29) is 11.6 Å². The van der Waals surface area contributed by atoms with Gasteiger partial charge in [-0.05, 0) is 30.3 Å². The number of carbonyl (C=O) groups excluding carboxylic acids is 1. The van der Waals surface area contributed by atoms with Crippen molar-refractivity contribution in [3.05, 3.63) is 63.7 Å². The molecule has 0 amide bonds. The molecule has 3 rings (SSSR count). The van der Waals surface area contributed by atoms with Crippen molar-refractivity contribution in [2.75, 3.05) is 0 Å². The van der Waals surface area contributed by atoms with Gasteiger partial charge < -0.3 is 9.15 Å². The maximum atomic E-state index is 11.7. The summed E-state index contributed by atoms with van der Waals surface area (Å²) in [7, 11) is 0. The molecule has 1 aliphatic rings. The van der Waals surface area contributed by atoms with Crippen LogP contribution < -0.4 is 0 Å². The Hall–Kier alpha value is -2.04. The van der Waals surface area contributed by atoms with Crippen LogP contribution in [-0.4, -0.2) is 11.9 Å². The number of aliphatic imine (C=N–C) groups is 1. The summed E-state index contributed by atoms with van der Waals surface area (Å²) in [5, 5.41) is 0.790. The molecule has 0 unspecified atom stereocenters. The minimum Gasteiger partial charge on any atom is -0.465 e. The van der Waals surface area contributed by atoms with Gasteiger partial charge in [-0.25, -0.2) is 9.79 Å². The molecular formula is C14H7Cl2NO3. The number of hydrogen-bond donors (Lipinski definition) is 0. The van der Waals surface area contributed by atoms with Crippen LogP contribution in [0.4, 0.5) is 0 Å². The van der Waals surface area contributed by atoms with Crippen LogP contribution in [0, 0.1) is 0 Å². The molecule has 2 aromatic rings. The summed E-state index contributed by atoms with van der Waals surface area (Å²) in [5.74, 6) is 0.171. The fourth-order valence-electron chi connectivity index (χ4n) is 1.67. The fourth-order valence-corrected chi connectivity index (χ4v) is 1.97. The normalized spacial score (nSPS) is 16.4. The van der Waals surface area contributed by atoms with Crippen molar-refractivity contribution in [2.45, 2.75) is 0 Å². The molecule has 1 aliphatic heterocycles. The highest BCUT2D eigenvalue weighted by Gasteiger charge is 2.24. The number of benzene rings is 1. The van der Waals surface area contributed by atoms with Crippen LogP contribution >= 0.6 is 23.2 Å². The van der Waals surface area contributed by atoms with E-state index in [2.05, 4.69) is 4.99 Å². The van der Waals surface area contributed by atoms with E-state index in [1.165, 1.54) is 12.3 Å². The van der Waals surface area contributed by atoms with Crippen molar-refractivity contribution >= 4 is 41.1 Å². The Morgan fingerprint density at radius 3 is 2.70 bits per heavy atom. The Kier molecular flexibility index (Phi) is 3.34. The highest BCUT2D eigenvalue weighted by molar-refractivity contribution is 6.42. The second-order valence-corrected chi connectivity index (χ2v) is 4.79. The molecule has 4 nitrogen and oxygen atoms in total. The summed E-state index contributed by atoms with van der Waals surface area (Å²) in [6.45, 7) is 0. The molecule has 100 valence electrons. The van der Waals surface area contributed by atoms with Gasteiger partial charge in [-0.1, -0.05) is 23.2 Å². The van der Waals surface area contributed by atoms with Crippen LogP contribution in [0.5, 0.6) is 0 Å². The van der Waals surface area contributed by atoms with Gasteiger partial charge in [0.15, 0.2) is 5.70 Å². The number of furan rings is 1. The number of hydrogen-bond acceptors (Lipinski definition) is 4. The maximum Gasteiger partial charge on any atom is 0.363 e. The third-order valence-corrected chi connectivity index (χ3v) is 3.35. The molecule has 0 N–H and O–H groups in total. The third kappa shape index (κ3) is 2.48. The molecule has 0 atom stereocenters. The number of ether oxygens (including phenoxy) is 1. The Morgan fingerprint density at radius 1 is 1.15 bits per heavy atom. The number of nitrogens with zero attached hydrogens (tertiary/aromatic N) is 1. The van der Waals surface area contributed by atoms with Crippen LogP contribution in [0.2, 0.25) is 10.0 Å². The highest BCUT2D eigenvalue weighted by atomic mass is 35.5. The topological polar surface area (TPSA) is 51.8 Å². The lowest BCUT2D eigenvalue weighted by atomic mass is 10.2. The van der Waals surface area contributed by atoms with Gasteiger partial charge in [0.05, 0.1) is 16.3 Å². The van der Waals surface area contributed by atoms with E-state index in [1.807, 2.05) is 0 Å². The molecule has 6 heteroatoms. The Morgan fingerprint density at radius 2 is 2.00 bits per heavy atom. The summed E-state index contributed by atoms with van der Waals surface area (Å²) in [4.78, 5) is 15.9. The standard InChI is InChI=1S/C14H7Cl2NO3/c15-10-4-3-8(6-11(10)16)13-17-12(14(18)20-13)7-9-2-1-5-19-9/h1-7H/b12-7+. The predicted molar refractivity (Wildman–Crippen MR) is 75.8 cm³/mol. The number of esters is 1. The van der Waals surface area contributed by atoms with Gasteiger partial charge >= 0.3 is 5.97 Å². The molecule has 1 aromatic heterocycles. The summed E-state index contributed by atoms with van der Waals surface area (Å²) in [5.41, 5.74) is 0.747. The first-order chi connectivity index (χ1) is 9.63. The lowest BCUT2D eigenvalue weighted by Gasteiger charge is -2.01. The lowest BCUT2D eigenvalue weighted by Crippen LogP contribution is -2.05. The molecule has 0 aliphatic carbocycles. The molecular weight excluding hydrogens is 301 g/mol. The van der Waals surface area contributed by atoms with Crippen molar-refractivity contribution < 1.29 is 13.9 Å². The van der Waals surface area contributed by atoms with Crippen molar-refractivity contribution in [1.29, 1.82) is 0 Å². The second-order valence-electron chi connectivity index (χ2n) is 3.98. The molecule has 20 heavy (non-hydrogen) atoms. The van der Waals surface area contributed by atoms with Crippen LogP contribution in [0.1, 0.15) is 11.3 Å². The molecule has 0 fully saturated rings. The van der Waals surface area contributed by atoms with E-state index in [0.717, 1.165) is 0 Å². The molecule has 0 saturated carbocycles. The lowest BCUT2D eigenvalue weighted by molar-refractivity contribution is -0.129. The zero-order valence-corrected chi connectivity index (χ0v) is 11.5. The number of cyclic esters (lactones) is 1. The molecule has 0 bridgehead atoms. The van der Waals surface area contributed by atoms with Crippen LogP contribution in [0.25, 0.3) is 6.08 Å². The van der Waals surface area contributed by atoms with Gasteiger partial charge in [0.25, 0.3) is 0 Å². The summed E-state index contributed by atoms with van der Waals surface area (Å²) >= 11 is 11.8. The molecule has 1 aromatic carbocycles. The monoisotopic (exact) mass is 307 g/mol. The average molecular weight is 308 g/mol. The van der Waals surface area contributed by atoms with Gasteiger partial charge in [-0.15, -0.1) is 0 Å². The number of carbonyl (C=O) groups is 1. The average Bonchev–Trinajstić information content (AvgIpc) is 3.04. The quantitative estimate of drug-likeness (QED) is 0.624. The van der Waals surface area contributed by atoms with E-state index < -0.39 is 5.97 Å². The summed E-state index contributed by atoms with van der Waals surface area (Å²) in [6, 6.07) is 8.31. The van der Waals surface area contributed by atoms with Crippen molar-refractivity contribution in [3.63, 3.8) is 0 Å². The van der Waals surface area contributed by atoms with E-state index in [0.29, 0.717) is 21.4 Å². The molecule has 2 heterocycles. The maximum absolute atomic E-state index is 11.7. The SMILES string of the molecule is O=C1OC(c2ccc(Cl)c(Cl)c2)=N/C1=C/c1ccco1. The number of rotatable bonds is 2. The fraction of sp³-hybridized carbons (Fsp3) is 0. The zero-order chi connectivity index (χ0) is 14.1. The van der Waals surface area contributed by atoms with Crippen LogP contribution in [0.15, 0.2) is 51.7 Å². The Labute approximate surface area is 124 Å². The van der Waals surface area contributed by atoms with Crippen molar-refractivity contribution in [1.82, 2.24) is 0 Å². The van der Waals surface area contributed by atoms with E-state index >= 15 is 0 Å². The van der Waals surface area contributed by atoms with E-state index in [9.17, 15) is 4.79 Å². The van der Waals surface area contributed by atoms with Gasteiger partial charge in [0.2, 0.25) is 5.90 Å². The van der Waals surface area contributed by atoms with E-state index in [1.54, 1.807) is 30.3 Å². The first-order valence-corrected chi connectivity index (χ1v) is 6.40. The van der Waals surface area contributed by atoms with Gasteiger partial charge in [0, 0.05) is 11.6 Å². The molecule has 0 spiro atoms. The Balaban J connectivity index is 1.96. The third-order valence-electron chi connectivity index (χ3n) is 2.61. The predicted octanol–water partition coefficient (Wildman–Crippen LogP) is 3.93. The smallest absolute Gasteiger partial charge is 0.363 e.